The fourth-order valence-electron chi connectivity index (χ4n) is 1.01. The lowest BCUT2D eigenvalue weighted by Crippen LogP contribution is -1.95. The minimum absolute atomic E-state index is 0.0669. The van der Waals surface area contributed by atoms with Crippen molar-refractivity contribution < 1.29 is 10.3 Å². The topological polar surface area (TPSA) is 52.8 Å². The van der Waals surface area contributed by atoms with Gasteiger partial charge in [0, 0.05) is 10.6 Å². The van der Waals surface area contributed by atoms with Crippen LogP contribution in [0.4, 0.5) is 0 Å². The molecule has 0 spiro atoms. The minimum atomic E-state index is 0.0669. The van der Waals surface area contributed by atoms with Gasteiger partial charge in [-0.1, -0.05) is 16.8 Å². The van der Waals surface area contributed by atoms with Crippen molar-refractivity contribution >= 4 is 17.3 Å². The first-order chi connectivity index (χ1) is 6.06. The summed E-state index contributed by atoms with van der Waals surface area (Å²) >= 11 is 5.84. The number of hydrogen-bond acceptors (Lipinski definition) is 3. The van der Waals surface area contributed by atoms with E-state index in [2.05, 4.69) is 5.16 Å². The van der Waals surface area contributed by atoms with Crippen molar-refractivity contribution in [2.75, 3.05) is 0 Å². The van der Waals surface area contributed by atoms with Crippen LogP contribution in [0.1, 0.15) is 18.1 Å². The second-order valence-electron chi connectivity index (χ2n) is 2.80. The fourth-order valence-corrected chi connectivity index (χ4v) is 1.17. The van der Waals surface area contributed by atoms with Crippen LogP contribution < -0.4 is 0 Å². The van der Waals surface area contributed by atoms with Crippen molar-refractivity contribution in [2.24, 2.45) is 5.16 Å². The molecule has 0 heterocycles. The van der Waals surface area contributed by atoms with Crippen LogP contribution in [-0.4, -0.2) is 16.0 Å². The molecule has 0 saturated carbocycles. The largest absolute Gasteiger partial charge is 0.507 e. The van der Waals surface area contributed by atoms with Crippen molar-refractivity contribution in [1.82, 2.24) is 0 Å². The SMILES string of the molecule is C/C(=N\O)c1cc(Cl)c(C)cc1O. The molecule has 0 fully saturated rings. The van der Waals surface area contributed by atoms with Crippen LogP contribution in [0.3, 0.4) is 0 Å². The van der Waals surface area contributed by atoms with E-state index in [0.29, 0.717) is 16.3 Å². The maximum atomic E-state index is 9.47. The zero-order valence-corrected chi connectivity index (χ0v) is 8.13. The van der Waals surface area contributed by atoms with Gasteiger partial charge >= 0.3 is 0 Å². The summed E-state index contributed by atoms with van der Waals surface area (Å²) in [6.07, 6.45) is 0. The number of phenols is 1. The first kappa shape index (κ1) is 9.86. The summed E-state index contributed by atoms with van der Waals surface area (Å²) in [5.41, 5.74) is 1.56. The Bertz CT molecular complexity index is 361. The van der Waals surface area contributed by atoms with Gasteiger partial charge in [-0.15, -0.1) is 0 Å². The number of halogens is 1. The number of oxime groups is 1. The average molecular weight is 200 g/mol. The first-order valence-electron chi connectivity index (χ1n) is 3.74. The van der Waals surface area contributed by atoms with Crippen molar-refractivity contribution in [3.05, 3.63) is 28.3 Å². The molecule has 1 aromatic carbocycles. The molecule has 0 aliphatic heterocycles. The Morgan fingerprint density at radius 2 is 2.08 bits per heavy atom. The molecule has 70 valence electrons. The van der Waals surface area contributed by atoms with Crippen LogP contribution in [0, 0.1) is 6.92 Å². The molecule has 1 rings (SSSR count). The highest BCUT2D eigenvalue weighted by atomic mass is 35.5. The molecule has 2 N–H and O–H groups in total. The summed E-state index contributed by atoms with van der Waals surface area (Å²) in [4.78, 5) is 0. The van der Waals surface area contributed by atoms with Gasteiger partial charge in [-0.25, -0.2) is 0 Å². The van der Waals surface area contributed by atoms with E-state index in [1.54, 1.807) is 19.9 Å². The van der Waals surface area contributed by atoms with Gasteiger partial charge in [0.1, 0.15) is 5.75 Å². The van der Waals surface area contributed by atoms with Gasteiger partial charge in [-0.3, -0.25) is 0 Å². The van der Waals surface area contributed by atoms with E-state index in [0.717, 1.165) is 5.56 Å². The molecule has 0 radical (unpaired) electrons. The molecule has 3 nitrogen and oxygen atoms in total. The van der Waals surface area contributed by atoms with Crippen LogP contribution in [-0.2, 0) is 0 Å². The van der Waals surface area contributed by atoms with E-state index in [4.69, 9.17) is 16.8 Å². The molecule has 0 aliphatic carbocycles. The van der Waals surface area contributed by atoms with Crippen LogP contribution in [0.15, 0.2) is 17.3 Å². The minimum Gasteiger partial charge on any atom is -0.507 e. The van der Waals surface area contributed by atoms with Crippen molar-refractivity contribution in [1.29, 1.82) is 0 Å². The van der Waals surface area contributed by atoms with Crippen LogP contribution in [0.5, 0.6) is 5.75 Å². The lowest BCUT2D eigenvalue weighted by atomic mass is 10.1. The van der Waals surface area contributed by atoms with E-state index < -0.39 is 0 Å². The standard InChI is InChI=1S/C9H10ClNO2/c1-5-3-9(12)7(4-8(5)10)6(2)11-13/h3-4,12-13H,1-2H3/b11-6+. The quantitative estimate of drug-likeness (QED) is 0.415. The van der Waals surface area contributed by atoms with Gasteiger partial charge in [0.05, 0.1) is 5.71 Å². The Labute approximate surface area is 81.3 Å². The predicted octanol–water partition coefficient (Wildman–Crippen LogP) is 2.55. The molecule has 1 aromatic rings. The molecular weight excluding hydrogens is 190 g/mol. The molecular formula is C9H10ClNO2. The Kier molecular flexibility index (Phi) is 2.78. The molecule has 13 heavy (non-hydrogen) atoms. The lowest BCUT2D eigenvalue weighted by molar-refractivity contribution is 0.318. The molecule has 0 aromatic heterocycles. The highest BCUT2D eigenvalue weighted by Crippen LogP contribution is 2.25. The van der Waals surface area contributed by atoms with Crippen LogP contribution in [0.25, 0.3) is 0 Å². The number of phenolic OH excluding ortho intramolecular Hbond substituents is 1. The van der Waals surface area contributed by atoms with E-state index in [1.807, 2.05) is 0 Å². The third-order valence-corrected chi connectivity index (χ3v) is 2.22. The molecule has 0 saturated heterocycles. The van der Waals surface area contributed by atoms with Gasteiger partial charge in [0.15, 0.2) is 0 Å². The summed E-state index contributed by atoms with van der Waals surface area (Å²) < 4.78 is 0. The normalized spacial score (nSPS) is 11.8. The molecule has 0 unspecified atom stereocenters. The van der Waals surface area contributed by atoms with E-state index in [1.165, 1.54) is 6.07 Å². The van der Waals surface area contributed by atoms with Crippen molar-refractivity contribution in [3.63, 3.8) is 0 Å². The summed E-state index contributed by atoms with van der Waals surface area (Å²) in [5, 5.41) is 21.5. The van der Waals surface area contributed by atoms with Crippen LogP contribution in [0.2, 0.25) is 5.02 Å². The smallest absolute Gasteiger partial charge is 0.125 e. The molecule has 0 amide bonds. The van der Waals surface area contributed by atoms with E-state index in [9.17, 15) is 5.11 Å². The van der Waals surface area contributed by atoms with E-state index >= 15 is 0 Å². The number of aryl methyl sites for hydroxylation is 1. The maximum absolute atomic E-state index is 9.47. The third kappa shape index (κ3) is 1.92. The number of nitrogens with zero attached hydrogens (tertiary/aromatic N) is 1. The maximum Gasteiger partial charge on any atom is 0.125 e. The second kappa shape index (κ2) is 3.66. The fraction of sp³-hybridized carbons (Fsp3) is 0.222. The average Bonchev–Trinajstić information content (AvgIpc) is 2.10. The number of hydrogen-bond donors (Lipinski definition) is 2. The number of aromatic hydroxyl groups is 1. The second-order valence-corrected chi connectivity index (χ2v) is 3.21. The molecule has 0 atom stereocenters. The molecule has 0 aliphatic rings. The number of benzene rings is 1. The lowest BCUT2D eigenvalue weighted by Gasteiger charge is -2.05. The Morgan fingerprint density at radius 1 is 1.46 bits per heavy atom. The Hall–Kier alpha value is -1.22. The van der Waals surface area contributed by atoms with Gasteiger partial charge in [-0.05, 0) is 31.5 Å². The zero-order chi connectivity index (χ0) is 10.0. The van der Waals surface area contributed by atoms with E-state index in [-0.39, 0.29) is 5.75 Å². The first-order valence-corrected chi connectivity index (χ1v) is 4.12. The van der Waals surface area contributed by atoms with Crippen LogP contribution >= 0.6 is 11.6 Å². The van der Waals surface area contributed by atoms with Gasteiger partial charge < -0.3 is 10.3 Å². The highest BCUT2D eigenvalue weighted by Gasteiger charge is 2.07. The predicted molar refractivity (Wildman–Crippen MR) is 51.9 cm³/mol. The summed E-state index contributed by atoms with van der Waals surface area (Å²) in [6.45, 7) is 3.37. The highest BCUT2D eigenvalue weighted by molar-refractivity contribution is 6.31. The molecule has 4 heteroatoms. The Balaban J connectivity index is 3.32. The number of rotatable bonds is 1. The van der Waals surface area contributed by atoms with Gasteiger partial charge in [0.25, 0.3) is 0 Å². The summed E-state index contributed by atoms with van der Waals surface area (Å²) in [5.74, 6) is 0.0669. The zero-order valence-electron chi connectivity index (χ0n) is 7.37. The van der Waals surface area contributed by atoms with Crippen molar-refractivity contribution in [2.45, 2.75) is 13.8 Å². The van der Waals surface area contributed by atoms with Crippen molar-refractivity contribution in [3.8, 4) is 5.75 Å². The van der Waals surface area contributed by atoms with Gasteiger partial charge in [0.2, 0.25) is 0 Å². The third-order valence-electron chi connectivity index (χ3n) is 1.82. The summed E-state index contributed by atoms with van der Waals surface area (Å²) in [6, 6.07) is 3.10. The monoisotopic (exact) mass is 199 g/mol. The Morgan fingerprint density at radius 3 is 2.62 bits per heavy atom. The molecule has 0 bridgehead atoms. The van der Waals surface area contributed by atoms with Gasteiger partial charge in [-0.2, -0.15) is 0 Å². The summed E-state index contributed by atoms with van der Waals surface area (Å²) in [7, 11) is 0.